The van der Waals surface area contributed by atoms with Crippen LogP contribution < -0.4 is 15.2 Å². The van der Waals surface area contributed by atoms with Crippen molar-refractivity contribution >= 4 is 0 Å². The second-order valence-corrected chi connectivity index (χ2v) is 4.47. The molecule has 1 fully saturated rings. The van der Waals surface area contributed by atoms with Crippen molar-refractivity contribution in [3.63, 3.8) is 0 Å². The first-order chi connectivity index (χ1) is 8.10. The summed E-state index contributed by atoms with van der Waals surface area (Å²) in [6, 6.07) is 3.56. The maximum atomic E-state index is 9.92. The summed E-state index contributed by atoms with van der Waals surface area (Å²) in [7, 11) is 1.51. The normalized spacial score (nSPS) is 17.4. The van der Waals surface area contributed by atoms with Crippen molar-refractivity contribution in [3.05, 3.63) is 17.7 Å². The topological polar surface area (TPSA) is 64.7 Å². The first-order valence-electron chi connectivity index (χ1n) is 5.94. The molecule has 2 rings (SSSR count). The van der Waals surface area contributed by atoms with Gasteiger partial charge in [-0.05, 0) is 43.9 Å². The van der Waals surface area contributed by atoms with E-state index >= 15 is 0 Å². The molecule has 0 unspecified atom stereocenters. The van der Waals surface area contributed by atoms with E-state index in [0.717, 1.165) is 24.8 Å². The van der Waals surface area contributed by atoms with Crippen LogP contribution in [0.2, 0.25) is 0 Å². The molecule has 94 valence electrons. The molecular formula is C13H19NO3. The van der Waals surface area contributed by atoms with Gasteiger partial charge in [-0.1, -0.05) is 0 Å². The van der Waals surface area contributed by atoms with Gasteiger partial charge in [-0.15, -0.1) is 0 Å². The van der Waals surface area contributed by atoms with Gasteiger partial charge in [-0.3, -0.25) is 0 Å². The van der Waals surface area contributed by atoms with Crippen molar-refractivity contribution < 1.29 is 14.6 Å². The summed E-state index contributed by atoms with van der Waals surface area (Å²) in [6.07, 6.45) is 3.03. The minimum absolute atomic E-state index is 0.0881. The number of nitrogens with two attached hydrogens (primary N) is 1. The molecule has 0 bridgehead atoms. The number of aromatic hydroxyl groups is 1. The van der Waals surface area contributed by atoms with E-state index in [1.165, 1.54) is 7.11 Å². The quantitative estimate of drug-likeness (QED) is 0.842. The van der Waals surface area contributed by atoms with Crippen LogP contribution in [0.4, 0.5) is 0 Å². The zero-order valence-corrected chi connectivity index (χ0v) is 10.3. The predicted octanol–water partition coefficient (Wildman–Crippen LogP) is 2.14. The van der Waals surface area contributed by atoms with Gasteiger partial charge in [0.15, 0.2) is 11.5 Å². The molecule has 0 saturated heterocycles. The number of methoxy groups -OCH3 is 1. The Kier molecular flexibility index (Phi) is 3.15. The Morgan fingerprint density at radius 1 is 1.41 bits per heavy atom. The van der Waals surface area contributed by atoms with Crippen LogP contribution in [0.25, 0.3) is 0 Å². The van der Waals surface area contributed by atoms with Crippen molar-refractivity contribution in [2.75, 3.05) is 13.7 Å². The molecule has 0 aliphatic heterocycles. The van der Waals surface area contributed by atoms with Gasteiger partial charge in [0.25, 0.3) is 0 Å². The molecule has 1 aliphatic carbocycles. The molecule has 0 amide bonds. The Hall–Kier alpha value is -1.42. The van der Waals surface area contributed by atoms with Gasteiger partial charge in [0.05, 0.1) is 13.7 Å². The van der Waals surface area contributed by atoms with Crippen molar-refractivity contribution in [2.45, 2.75) is 31.7 Å². The van der Waals surface area contributed by atoms with Crippen LogP contribution in [0.5, 0.6) is 17.2 Å². The highest BCUT2D eigenvalue weighted by Gasteiger charge is 2.35. The van der Waals surface area contributed by atoms with E-state index < -0.39 is 0 Å². The van der Waals surface area contributed by atoms with Crippen LogP contribution in [0.1, 0.15) is 31.7 Å². The number of hydrogen-bond acceptors (Lipinski definition) is 4. The van der Waals surface area contributed by atoms with Gasteiger partial charge in [-0.2, -0.15) is 0 Å². The van der Waals surface area contributed by atoms with E-state index in [0.29, 0.717) is 18.1 Å². The number of ether oxygens (including phenoxy) is 2. The molecular weight excluding hydrogens is 218 g/mol. The molecule has 0 aromatic heterocycles. The summed E-state index contributed by atoms with van der Waals surface area (Å²) in [6.45, 7) is 2.42. The third-order valence-electron chi connectivity index (χ3n) is 3.36. The van der Waals surface area contributed by atoms with E-state index in [1.807, 2.05) is 13.0 Å². The second-order valence-electron chi connectivity index (χ2n) is 4.47. The fraction of sp³-hybridized carbons (Fsp3) is 0.538. The molecule has 1 aliphatic rings. The van der Waals surface area contributed by atoms with Crippen LogP contribution in [-0.4, -0.2) is 18.8 Å². The number of phenols is 1. The van der Waals surface area contributed by atoms with Gasteiger partial charge in [0.2, 0.25) is 5.75 Å². The minimum Gasteiger partial charge on any atom is -0.504 e. The lowest BCUT2D eigenvalue weighted by atomic mass is 9.72. The average molecular weight is 237 g/mol. The largest absolute Gasteiger partial charge is 0.504 e. The van der Waals surface area contributed by atoms with Crippen LogP contribution >= 0.6 is 0 Å². The van der Waals surface area contributed by atoms with Crippen molar-refractivity contribution in [1.29, 1.82) is 0 Å². The number of benzene rings is 1. The zero-order valence-electron chi connectivity index (χ0n) is 10.3. The van der Waals surface area contributed by atoms with Crippen LogP contribution in [-0.2, 0) is 5.54 Å². The van der Waals surface area contributed by atoms with Crippen LogP contribution in [0.15, 0.2) is 12.1 Å². The van der Waals surface area contributed by atoms with Crippen LogP contribution in [0, 0.1) is 0 Å². The lowest BCUT2D eigenvalue weighted by Gasteiger charge is -2.39. The monoisotopic (exact) mass is 237 g/mol. The molecule has 4 heteroatoms. The number of phenolic OH excluding ortho intramolecular Hbond substituents is 1. The minimum atomic E-state index is -0.310. The Bertz CT molecular complexity index is 413. The molecule has 3 N–H and O–H groups in total. The molecule has 0 spiro atoms. The highest BCUT2D eigenvalue weighted by atomic mass is 16.5. The first kappa shape index (κ1) is 12.0. The summed E-state index contributed by atoms with van der Waals surface area (Å²) in [5.41, 5.74) is 6.85. The molecule has 0 atom stereocenters. The average Bonchev–Trinajstić information content (AvgIpc) is 2.26. The highest BCUT2D eigenvalue weighted by Crippen LogP contribution is 2.45. The van der Waals surface area contributed by atoms with Crippen LogP contribution in [0.3, 0.4) is 0 Å². The fourth-order valence-corrected chi connectivity index (χ4v) is 2.19. The lowest BCUT2D eigenvalue weighted by Crippen LogP contribution is -2.43. The summed E-state index contributed by atoms with van der Waals surface area (Å²) in [5, 5.41) is 9.92. The fourth-order valence-electron chi connectivity index (χ4n) is 2.19. The standard InChI is InChI=1S/C13H19NO3/c1-3-17-11-8-9(13(14)5-4-6-13)7-10(15)12(11)16-2/h7-8,15H,3-6,14H2,1-2H3. The van der Waals surface area contributed by atoms with Crippen molar-refractivity contribution in [2.24, 2.45) is 5.73 Å². The highest BCUT2D eigenvalue weighted by molar-refractivity contribution is 5.54. The second kappa shape index (κ2) is 4.45. The maximum Gasteiger partial charge on any atom is 0.203 e. The summed E-state index contributed by atoms with van der Waals surface area (Å²) < 4.78 is 10.6. The number of rotatable bonds is 4. The Labute approximate surface area is 101 Å². The summed E-state index contributed by atoms with van der Waals surface area (Å²) in [4.78, 5) is 0. The van der Waals surface area contributed by atoms with E-state index in [2.05, 4.69) is 0 Å². The summed E-state index contributed by atoms with van der Waals surface area (Å²) in [5.74, 6) is 1.02. The maximum absolute atomic E-state index is 9.92. The Balaban J connectivity index is 2.42. The molecule has 1 aromatic carbocycles. The molecule has 1 saturated carbocycles. The third kappa shape index (κ3) is 2.05. The molecule has 0 radical (unpaired) electrons. The number of hydrogen-bond donors (Lipinski definition) is 2. The Morgan fingerprint density at radius 2 is 2.12 bits per heavy atom. The van der Waals surface area contributed by atoms with E-state index in [-0.39, 0.29) is 11.3 Å². The van der Waals surface area contributed by atoms with Gasteiger partial charge < -0.3 is 20.3 Å². The van der Waals surface area contributed by atoms with Crippen molar-refractivity contribution in [1.82, 2.24) is 0 Å². The van der Waals surface area contributed by atoms with Crippen molar-refractivity contribution in [3.8, 4) is 17.2 Å². The molecule has 0 heterocycles. The van der Waals surface area contributed by atoms with E-state index in [1.54, 1.807) is 6.07 Å². The summed E-state index contributed by atoms with van der Waals surface area (Å²) >= 11 is 0. The van der Waals surface area contributed by atoms with Gasteiger partial charge in [0.1, 0.15) is 0 Å². The zero-order chi connectivity index (χ0) is 12.5. The molecule has 1 aromatic rings. The van der Waals surface area contributed by atoms with Gasteiger partial charge in [0, 0.05) is 5.54 Å². The molecule has 4 nitrogen and oxygen atoms in total. The van der Waals surface area contributed by atoms with Gasteiger partial charge >= 0.3 is 0 Å². The van der Waals surface area contributed by atoms with E-state index in [9.17, 15) is 5.11 Å². The Morgan fingerprint density at radius 3 is 2.59 bits per heavy atom. The lowest BCUT2D eigenvalue weighted by molar-refractivity contribution is 0.248. The third-order valence-corrected chi connectivity index (χ3v) is 3.36. The van der Waals surface area contributed by atoms with Gasteiger partial charge in [-0.25, -0.2) is 0 Å². The molecule has 17 heavy (non-hydrogen) atoms. The first-order valence-corrected chi connectivity index (χ1v) is 5.94. The smallest absolute Gasteiger partial charge is 0.203 e. The van der Waals surface area contributed by atoms with E-state index in [4.69, 9.17) is 15.2 Å². The SMILES string of the molecule is CCOc1cc(C2(N)CCC2)cc(O)c1OC. The predicted molar refractivity (Wildman–Crippen MR) is 65.5 cm³/mol.